The Morgan fingerprint density at radius 3 is 2.52 bits per heavy atom. The summed E-state index contributed by atoms with van der Waals surface area (Å²) in [6.45, 7) is 0.557. The van der Waals surface area contributed by atoms with Crippen molar-refractivity contribution >= 4 is 16.8 Å². The van der Waals surface area contributed by atoms with Crippen molar-refractivity contribution in [1.82, 2.24) is 14.9 Å². The summed E-state index contributed by atoms with van der Waals surface area (Å²) in [6, 6.07) is 21.3. The highest BCUT2D eigenvalue weighted by Crippen LogP contribution is 2.25. The third-order valence-corrected chi connectivity index (χ3v) is 4.79. The molecule has 1 heterocycles. The van der Waals surface area contributed by atoms with E-state index in [1.807, 2.05) is 18.2 Å². The normalized spacial score (nSPS) is 10.6. The highest BCUT2D eigenvalue weighted by Gasteiger charge is 2.14. The average Bonchev–Trinajstić information content (AvgIpc) is 2.82. The molecular formula is C24H21N3O4. The number of benzene rings is 3. The molecule has 0 aliphatic carbocycles. The fraction of sp³-hybridized carbons (Fsp3) is 0.125. The van der Waals surface area contributed by atoms with Gasteiger partial charge in [0.15, 0.2) is 11.5 Å². The van der Waals surface area contributed by atoms with Gasteiger partial charge in [-0.2, -0.15) is 0 Å². The van der Waals surface area contributed by atoms with Crippen LogP contribution in [0.1, 0.15) is 10.4 Å². The van der Waals surface area contributed by atoms with E-state index in [-0.39, 0.29) is 24.6 Å². The van der Waals surface area contributed by atoms with Gasteiger partial charge in [-0.05, 0) is 36.4 Å². The summed E-state index contributed by atoms with van der Waals surface area (Å²) in [5.41, 5.74) is 1.22. The van der Waals surface area contributed by atoms with Gasteiger partial charge in [-0.3, -0.25) is 14.2 Å². The molecule has 0 saturated heterocycles. The fourth-order valence-electron chi connectivity index (χ4n) is 3.28. The van der Waals surface area contributed by atoms with Crippen molar-refractivity contribution in [3.8, 4) is 17.2 Å². The van der Waals surface area contributed by atoms with Crippen LogP contribution < -0.4 is 20.3 Å². The smallest absolute Gasteiger partial charge is 0.265 e. The van der Waals surface area contributed by atoms with E-state index in [1.54, 1.807) is 61.7 Å². The van der Waals surface area contributed by atoms with Crippen molar-refractivity contribution in [1.29, 1.82) is 0 Å². The fourth-order valence-corrected chi connectivity index (χ4v) is 3.28. The van der Waals surface area contributed by atoms with Gasteiger partial charge in [0, 0.05) is 0 Å². The molecule has 0 saturated carbocycles. The number of carbonyl (C=O) groups excluding carboxylic acids is 1. The molecule has 31 heavy (non-hydrogen) atoms. The van der Waals surface area contributed by atoms with Crippen LogP contribution in [0, 0.1) is 0 Å². The number of carbonyl (C=O) groups is 1. The molecule has 0 aliphatic heterocycles. The summed E-state index contributed by atoms with van der Waals surface area (Å²) in [5.74, 6) is 0.926. The highest BCUT2D eigenvalue weighted by molar-refractivity contribution is 5.97. The number of nitrogens with zero attached hydrogens (tertiary/aromatic N) is 2. The second-order valence-electron chi connectivity index (χ2n) is 6.71. The number of aromatic nitrogens is 2. The molecule has 3 aromatic carbocycles. The monoisotopic (exact) mass is 415 g/mol. The van der Waals surface area contributed by atoms with Crippen LogP contribution in [0.5, 0.6) is 11.5 Å². The summed E-state index contributed by atoms with van der Waals surface area (Å²) in [4.78, 5) is 30.1. The quantitative estimate of drug-likeness (QED) is 0.469. The van der Waals surface area contributed by atoms with Crippen LogP contribution in [-0.4, -0.2) is 35.7 Å². The molecule has 7 heteroatoms. The Labute approximate surface area is 178 Å². The summed E-state index contributed by atoms with van der Waals surface area (Å²) in [5, 5.41) is 3.32. The zero-order valence-electron chi connectivity index (χ0n) is 16.9. The summed E-state index contributed by atoms with van der Waals surface area (Å²) in [6.07, 6.45) is 1.45. The lowest BCUT2D eigenvalue weighted by atomic mass is 10.1. The minimum atomic E-state index is -0.306. The Morgan fingerprint density at radius 1 is 0.968 bits per heavy atom. The van der Waals surface area contributed by atoms with E-state index in [1.165, 1.54) is 10.9 Å². The van der Waals surface area contributed by atoms with Gasteiger partial charge in [0.05, 0.1) is 35.8 Å². The standard InChI is InChI=1S/C24H21N3O4/c1-30-21-12-6-7-13-22(21)31-15-14-25-23(28)18-9-3-5-11-20(18)27-16-26-19-10-4-2-8-17(19)24(27)29/h2-13,16H,14-15H2,1H3,(H,25,28). The molecule has 4 aromatic rings. The average molecular weight is 415 g/mol. The van der Waals surface area contributed by atoms with Crippen LogP contribution in [0.25, 0.3) is 16.6 Å². The first-order valence-electron chi connectivity index (χ1n) is 9.79. The maximum Gasteiger partial charge on any atom is 0.265 e. The summed E-state index contributed by atoms with van der Waals surface area (Å²) in [7, 11) is 1.57. The lowest BCUT2D eigenvalue weighted by molar-refractivity contribution is 0.0947. The predicted octanol–water partition coefficient (Wildman–Crippen LogP) is 3.20. The number of para-hydroxylation sites is 4. The highest BCUT2D eigenvalue weighted by atomic mass is 16.5. The second-order valence-corrected chi connectivity index (χ2v) is 6.71. The van der Waals surface area contributed by atoms with Crippen LogP contribution in [0.3, 0.4) is 0 Å². The number of methoxy groups -OCH3 is 1. The van der Waals surface area contributed by atoms with E-state index in [0.29, 0.717) is 33.7 Å². The Bertz CT molecular complexity index is 1280. The van der Waals surface area contributed by atoms with Crippen molar-refractivity contribution in [3.63, 3.8) is 0 Å². The molecule has 1 amide bonds. The van der Waals surface area contributed by atoms with Crippen molar-refractivity contribution in [2.24, 2.45) is 0 Å². The number of hydrogen-bond acceptors (Lipinski definition) is 5. The zero-order chi connectivity index (χ0) is 21.6. The summed E-state index contributed by atoms with van der Waals surface area (Å²) < 4.78 is 12.3. The molecule has 1 aromatic heterocycles. The molecule has 0 bridgehead atoms. The van der Waals surface area contributed by atoms with Gasteiger partial charge in [-0.1, -0.05) is 36.4 Å². The Morgan fingerprint density at radius 2 is 1.68 bits per heavy atom. The molecular weight excluding hydrogens is 394 g/mol. The maximum absolute atomic E-state index is 12.9. The maximum atomic E-state index is 12.9. The molecule has 4 rings (SSSR count). The number of amides is 1. The van der Waals surface area contributed by atoms with Crippen LogP contribution in [0.4, 0.5) is 0 Å². The van der Waals surface area contributed by atoms with Gasteiger partial charge in [-0.15, -0.1) is 0 Å². The lowest BCUT2D eigenvalue weighted by Gasteiger charge is -2.13. The van der Waals surface area contributed by atoms with Gasteiger partial charge < -0.3 is 14.8 Å². The molecule has 156 valence electrons. The second kappa shape index (κ2) is 9.13. The van der Waals surface area contributed by atoms with Crippen molar-refractivity contribution < 1.29 is 14.3 Å². The summed E-state index contributed by atoms with van der Waals surface area (Å²) >= 11 is 0. The molecule has 0 spiro atoms. The number of fused-ring (bicyclic) bond motifs is 1. The SMILES string of the molecule is COc1ccccc1OCCNC(=O)c1ccccc1-n1cnc2ccccc2c1=O. The third kappa shape index (κ3) is 4.25. The van der Waals surface area contributed by atoms with Crippen LogP contribution >= 0.6 is 0 Å². The van der Waals surface area contributed by atoms with E-state index >= 15 is 0 Å². The van der Waals surface area contributed by atoms with Gasteiger partial charge in [0.1, 0.15) is 12.9 Å². The first kappa shape index (κ1) is 20.2. The van der Waals surface area contributed by atoms with E-state index in [0.717, 1.165) is 0 Å². The van der Waals surface area contributed by atoms with Crippen LogP contribution in [-0.2, 0) is 0 Å². The molecule has 0 unspecified atom stereocenters. The molecule has 7 nitrogen and oxygen atoms in total. The van der Waals surface area contributed by atoms with Crippen molar-refractivity contribution in [2.45, 2.75) is 0 Å². The number of ether oxygens (including phenoxy) is 2. The topological polar surface area (TPSA) is 82.4 Å². The van der Waals surface area contributed by atoms with Gasteiger partial charge in [0.2, 0.25) is 0 Å². The molecule has 1 N–H and O–H groups in total. The van der Waals surface area contributed by atoms with Gasteiger partial charge in [0.25, 0.3) is 11.5 Å². The van der Waals surface area contributed by atoms with Gasteiger partial charge in [-0.25, -0.2) is 4.98 Å². The Hall–Kier alpha value is -4.13. The van der Waals surface area contributed by atoms with E-state index in [9.17, 15) is 9.59 Å². The molecule has 0 fully saturated rings. The Kier molecular flexibility index (Phi) is 5.93. The molecule has 0 radical (unpaired) electrons. The van der Waals surface area contributed by atoms with Crippen molar-refractivity contribution in [3.05, 3.63) is 95.0 Å². The molecule has 0 aliphatic rings. The largest absolute Gasteiger partial charge is 0.493 e. The number of hydrogen-bond donors (Lipinski definition) is 1. The van der Waals surface area contributed by atoms with Crippen LogP contribution in [0.15, 0.2) is 83.9 Å². The molecule has 0 atom stereocenters. The van der Waals surface area contributed by atoms with Crippen LogP contribution in [0.2, 0.25) is 0 Å². The van der Waals surface area contributed by atoms with Gasteiger partial charge >= 0.3 is 0 Å². The van der Waals surface area contributed by atoms with Crippen molar-refractivity contribution in [2.75, 3.05) is 20.3 Å². The minimum Gasteiger partial charge on any atom is -0.493 e. The van der Waals surface area contributed by atoms with E-state index in [2.05, 4.69) is 10.3 Å². The zero-order valence-corrected chi connectivity index (χ0v) is 16.9. The predicted molar refractivity (Wildman–Crippen MR) is 118 cm³/mol. The number of rotatable bonds is 7. The lowest BCUT2D eigenvalue weighted by Crippen LogP contribution is -2.30. The first-order valence-corrected chi connectivity index (χ1v) is 9.79. The van der Waals surface area contributed by atoms with E-state index in [4.69, 9.17) is 9.47 Å². The first-order chi connectivity index (χ1) is 15.2. The minimum absolute atomic E-state index is 0.231. The third-order valence-electron chi connectivity index (χ3n) is 4.79. The van der Waals surface area contributed by atoms with E-state index < -0.39 is 0 Å². The number of nitrogens with one attached hydrogen (secondary N) is 1. The Balaban J connectivity index is 1.50.